The molecule has 1 unspecified atom stereocenters. The van der Waals surface area contributed by atoms with E-state index in [-0.39, 0.29) is 18.9 Å². The highest BCUT2D eigenvalue weighted by molar-refractivity contribution is 6.04. The van der Waals surface area contributed by atoms with E-state index in [0.717, 1.165) is 11.3 Å². The summed E-state index contributed by atoms with van der Waals surface area (Å²) in [7, 11) is 0. The van der Waals surface area contributed by atoms with Crippen LogP contribution in [-0.4, -0.2) is 34.0 Å². The van der Waals surface area contributed by atoms with Gasteiger partial charge in [0.05, 0.1) is 13.0 Å². The predicted molar refractivity (Wildman–Crippen MR) is 75.6 cm³/mol. The normalized spacial score (nSPS) is 18.0. The second kappa shape index (κ2) is 6.39. The molecule has 6 heteroatoms. The van der Waals surface area contributed by atoms with Crippen LogP contribution in [0.25, 0.3) is 0 Å². The van der Waals surface area contributed by atoms with Gasteiger partial charge >= 0.3 is 12.0 Å². The summed E-state index contributed by atoms with van der Waals surface area (Å²) < 4.78 is 0. The van der Waals surface area contributed by atoms with E-state index >= 15 is 0 Å². The lowest BCUT2D eigenvalue weighted by molar-refractivity contribution is -0.136. The Kier molecular flexibility index (Phi) is 4.57. The maximum absolute atomic E-state index is 12.2. The van der Waals surface area contributed by atoms with Crippen molar-refractivity contribution in [3.8, 4) is 0 Å². The number of amides is 3. The molecule has 0 aliphatic carbocycles. The predicted octanol–water partition coefficient (Wildman–Crippen LogP) is 1.53. The summed E-state index contributed by atoms with van der Waals surface area (Å²) in [4.78, 5) is 36.1. The number of carboxylic acid groups (broad SMARTS) is 1. The third-order valence-corrected chi connectivity index (χ3v) is 3.47. The van der Waals surface area contributed by atoms with Crippen LogP contribution < -0.4 is 5.32 Å². The van der Waals surface area contributed by atoms with Gasteiger partial charge in [-0.15, -0.1) is 0 Å². The maximum Gasteiger partial charge on any atom is 0.325 e. The molecule has 1 aliphatic heterocycles. The fourth-order valence-corrected chi connectivity index (χ4v) is 2.43. The molecule has 2 N–H and O–H groups in total. The molecular weight excluding hydrogens is 272 g/mol. The molecule has 0 saturated carbocycles. The molecule has 0 spiro atoms. The van der Waals surface area contributed by atoms with Crippen molar-refractivity contribution < 1.29 is 19.5 Å². The Morgan fingerprint density at radius 3 is 2.57 bits per heavy atom. The van der Waals surface area contributed by atoms with Crippen molar-refractivity contribution in [1.29, 1.82) is 0 Å². The van der Waals surface area contributed by atoms with Crippen molar-refractivity contribution in [2.45, 2.75) is 38.8 Å². The van der Waals surface area contributed by atoms with Crippen molar-refractivity contribution in [3.05, 3.63) is 35.4 Å². The topological polar surface area (TPSA) is 86.7 Å². The van der Waals surface area contributed by atoms with E-state index in [4.69, 9.17) is 5.11 Å². The van der Waals surface area contributed by atoms with E-state index in [1.54, 1.807) is 24.3 Å². The lowest BCUT2D eigenvalue weighted by Gasteiger charge is -2.15. The molecule has 112 valence electrons. The number of carbonyl (C=O) groups is 3. The highest BCUT2D eigenvalue weighted by Gasteiger charge is 2.37. The third-order valence-electron chi connectivity index (χ3n) is 3.47. The molecule has 1 aromatic rings. The first-order chi connectivity index (χ1) is 10.0. The molecule has 1 aliphatic rings. The van der Waals surface area contributed by atoms with Crippen LogP contribution in [0.2, 0.25) is 0 Å². The van der Waals surface area contributed by atoms with Crippen LogP contribution in [0.15, 0.2) is 24.3 Å². The highest BCUT2D eigenvalue weighted by atomic mass is 16.4. The number of imide groups is 1. The van der Waals surface area contributed by atoms with E-state index in [0.29, 0.717) is 17.5 Å². The Labute approximate surface area is 122 Å². The summed E-state index contributed by atoms with van der Waals surface area (Å²) in [5.41, 5.74) is 1.30. The summed E-state index contributed by atoms with van der Waals surface area (Å²) in [6.45, 7) is 2.05. The van der Waals surface area contributed by atoms with Crippen molar-refractivity contribution in [2.75, 3.05) is 0 Å². The number of urea groups is 1. The number of nitrogens with zero attached hydrogens (tertiary/aromatic N) is 1. The number of carboxylic acids is 1. The number of rotatable bonds is 6. The maximum atomic E-state index is 12.2. The molecular formula is C15H18N2O4. The first-order valence-electron chi connectivity index (χ1n) is 6.93. The summed E-state index contributed by atoms with van der Waals surface area (Å²) in [5, 5.41) is 11.6. The van der Waals surface area contributed by atoms with Gasteiger partial charge in [0.1, 0.15) is 6.04 Å². The van der Waals surface area contributed by atoms with E-state index < -0.39 is 18.0 Å². The molecule has 0 aromatic heterocycles. The van der Waals surface area contributed by atoms with Gasteiger partial charge in [-0.1, -0.05) is 37.6 Å². The number of aliphatic carboxylic acids is 1. The average Bonchev–Trinajstić information content (AvgIpc) is 2.68. The summed E-state index contributed by atoms with van der Waals surface area (Å²) in [6.07, 6.45) is 1.29. The Hall–Kier alpha value is -2.37. The summed E-state index contributed by atoms with van der Waals surface area (Å²) >= 11 is 0. The Bertz CT molecular complexity index is 571. The minimum atomic E-state index is -0.941. The Balaban J connectivity index is 2.16. The van der Waals surface area contributed by atoms with E-state index in [1.807, 2.05) is 6.92 Å². The fraction of sp³-hybridized carbons (Fsp3) is 0.400. The largest absolute Gasteiger partial charge is 0.481 e. The molecule has 1 aromatic carbocycles. The van der Waals surface area contributed by atoms with Gasteiger partial charge in [0.2, 0.25) is 0 Å². The molecule has 1 atom stereocenters. The number of carbonyl (C=O) groups excluding carboxylic acids is 2. The van der Waals surface area contributed by atoms with Crippen molar-refractivity contribution in [3.63, 3.8) is 0 Å². The van der Waals surface area contributed by atoms with Gasteiger partial charge in [-0.3, -0.25) is 14.5 Å². The molecule has 2 rings (SSSR count). The van der Waals surface area contributed by atoms with Gasteiger partial charge in [-0.05, 0) is 17.5 Å². The second-order valence-corrected chi connectivity index (χ2v) is 5.05. The lowest BCUT2D eigenvalue weighted by atomic mass is 10.0. The zero-order valence-corrected chi connectivity index (χ0v) is 11.8. The van der Waals surface area contributed by atoms with Crippen molar-refractivity contribution >= 4 is 17.9 Å². The average molecular weight is 290 g/mol. The zero-order chi connectivity index (χ0) is 15.4. The van der Waals surface area contributed by atoms with Crippen LogP contribution >= 0.6 is 0 Å². The van der Waals surface area contributed by atoms with Gasteiger partial charge in [-0.2, -0.15) is 0 Å². The Morgan fingerprint density at radius 2 is 1.95 bits per heavy atom. The van der Waals surface area contributed by atoms with Crippen LogP contribution in [-0.2, 0) is 22.6 Å². The number of hydrogen-bond donors (Lipinski definition) is 2. The van der Waals surface area contributed by atoms with Gasteiger partial charge in [-0.25, -0.2) is 4.79 Å². The second-order valence-electron chi connectivity index (χ2n) is 5.05. The minimum Gasteiger partial charge on any atom is -0.481 e. The first-order valence-corrected chi connectivity index (χ1v) is 6.93. The molecule has 1 heterocycles. The van der Waals surface area contributed by atoms with Gasteiger partial charge in [0.15, 0.2) is 0 Å². The monoisotopic (exact) mass is 290 g/mol. The van der Waals surface area contributed by atoms with Gasteiger partial charge < -0.3 is 10.4 Å². The molecule has 0 bridgehead atoms. The molecule has 1 saturated heterocycles. The number of nitrogens with one attached hydrogen (secondary N) is 1. The molecule has 1 fully saturated rings. The molecule has 3 amide bonds. The fourth-order valence-electron chi connectivity index (χ4n) is 2.43. The Morgan fingerprint density at radius 1 is 1.29 bits per heavy atom. The van der Waals surface area contributed by atoms with Crippen LogP contribution in [0.5, 0.6) is 0 Å². The van der Waals surface area contributed by atoms with E-state index in [1.165, 1.54) is 0 Å². The van der Waals surface area contributed by atoms with Crippen LogP contribution in [0.3, 0.4) is 0 Å². The number of hydrogen-bond acceptors (Lipinski definition) is 3. The molecule has 21 heavy (non-hydrogen) atoms. The minimum absolute atomic E-state index is 0.105. The molecule has 6 nitrogen and oxygen atoms in total. The third kappa shape index (κ3) is 3.39. The lowest BCUT2D eigenvalue weighted by Crippen LogP contribution is -2.31. The van der Waals surface area contributed by atoms with Crippen molar-refractivity contribution in [1.82, 2.24) is 10.2 Å². The van der Waals surface area contributed by atoms with Crippen LogP contribution in [0.4, 0.5) is 4.79 Å². The van der Waals surface area contributed by atoms with Gasteiger partial charge in [0.25, 0.3) is 5.91 Å². The smallest absolute Gasteiger partial charge is 0.325 e. The zero-order valence-electron chi connectivity index (χ0n) is 11.8. The van der Waals surface area contributed by atoms with Crippen LogP contribution in [0.1, 0.15) is 30.9 Å². The summed E-state index contributed by atoms with van der Waals surface area (Å²) in [5.74, 6) is -1.18. The summed E-state index contributed by atoms with van der Waals surface area (Å²) in [6, 6.07) is 6.07. The molecule has 0 radical (unpaired) electrons. The first kappa shape index (κ1) is 15.0. The SMILES string of the molecule is CCCC1NC(=O)N(Cc2ccccc2CC(=O)O)C1=O. The highest BCUT2D eigenvalue weighted by Crippen LogP contribution is 2.18. The standard InChI is InChI=1S/C15H18N2O4/c1-2-5-12-14(20)17(15(21)16-12)9-11-7-4-3-6-10(11)8-13(18)19/h3-4,6-7,12H,2,5,8-9H2,1H3,(H,16,21)(H,18,19). The van der Waals surface area contributed by atoms with Crippen molar-refractivity contribution in [2.24, 2.45) is 0 Å². The van der Waals surface area contributed by atoms with E-state index in [9.17, 15) is 14.4 Å². The number of benzene rings is 1. The van der Waals surface area contributed by atoms with Gasteiger partial charge in [0, 0.05) is 0 Å². The van der Waals surface area contributed by atoms with Crippen LogP contribution in [0, 0.1) is 0 Å². The van der Waals surface area contributed by atoms with E-state index in [2.05, 4.69) is 5.32 Å². The quantitative estimate of drug-likeness (QED) is 0.778.